The molecular formula is C9H15NS. The van der Waals surface area contributed by atoms with Crippen molar-refractivity contribution < 1.29 is 0 Å². The average molecular weight is 169 g/mol. The molecule has 1 aliphatic rings. The van der Waals surface area contributed by atoms with E-state index in [1.165, 1.54) is 13.0 Å². The second kappa shape index (κ2) is 5.44. The van der Waals surface area contributed by atoms with Crippen LogP contribution < -0.4 is 0 Å². The second-order valence-corrected chi connectivity index (χ2v) is 3.57. The first-order chi connectivity index (χ1) is 5.43. The maximum atomic E-state index is 2.40. The van der Waals surface area contributed by atoms with Crippen molar-refractivity contribution in [2.24, 2.45) is 0 Å². The van der Waals surface area contributed by atoms with Gasteiger partial charge >= 0.3 is 0 Å². The van der Waals surface area contributed by atoms with Gasteiger partial charge in [-0.3, -0.25) is 4.31 Å². The molecule has 0 bridgehead atoms. The van der Waals surface area contributed by atoms with Gasteiger partial charge in [0.25, 0.3) is 0 Å². The van der Waals surface area contributed by atoms with Crippen molar-refractivity contribution in [1.82, 2.24) is 4.31 Å². The fourth-order valence-electron chi connectivity index (χ4n) is 0.990. The Kier molecular flexibility index (Phi) is 4.39. The van der Waals surface area contributed by atoms with Crippen LogP contribution in [-0.4, -0.2) is 23.1 Å². The molecule has 0 atom stereocenters. The van der Waals surface area contributed by atoms with E-state index in [2.05, 4.69) is 35.5 Å². The SMILES string of the molecule is CCN1CC/C=C\C=C/CS1. The summed E-state index contributed by atoms with van der Waals surface area (Å²) in [5.74, 6) is 1.11. The first-order valence-electron chi connectivity index (χ1n) is 4.13. The van der Waals surface area contributed by atoms with Crippen molar-refractivity contribution in [3.63, 3.8) is 0 Å². The van der Waals surface area contributed by atoms with E-state index in [1.54, 1.807) is 0 Å². The molecule has 1 nitrogen and oxygen atoms in total. The summed E-state index contributed by atoms with van der Waals surface area (Å²) in [5.41, 5.74) is 0. The van der Waals surface area contributed by atoms with Crippen LogP contribution in [0.15, 0.2) is 24.3 Å². The highest BCUT2D eigenvalue weighted by Crippen LogP contribution is 2.11. The van der Waals surface area contributed by atoms with Gasteiger partial charge in [0.05, 0.1) is 0 Å². The minimum Gasteiger partial charge on any atom is -0.250 e. The molecule has 11 heavy (non-hydrogen) atoms. The number of allylic oxidation sites excluding steroid dienone is 2. The van der Waals surface area contributed by atoms with Crippen molar-refractivity contribution in [2.75, 3.05) is 18.8 Å². The highest BCUT2D eigenvalue weighted by Gasteiger charge is 1.99. The quantitative estimate of drug-likeness (QED) is 0.555. The Balaban J connectivity index is 2.37. The van der Waals surface area contributed by atoms with Crippen LogP contribution in [0.25, 0.3) is 0 Å². The van der Waals surface area contributed by atoms with Crippen molar-refractivity contribution in [2.45, 2.75) is 13.3 Å². The average Bonchev–Trinajstić information content (AvgIpc) is 2.16. The fraction of sp³-hybridized carbons (Fsp3) is 0.556. The van der Waals surface area contributed by atoms with Gasteiger partial charge in [-0.2, -0.15) is 0 Å². The molecule has 0 saturated carbocycles. The summed E-state index contributed by atoms with van der Waals surface area (Å²) in [7, 11) is 0. The van der Waals surface area contributed by atoms with Crippen molar-refractivity contribution in [3.8, 4) is 0 Å². The summed E-state index contributed by atoms with van der Waals surface area (Å²) in [6, 6.07) is 0. The normalized spacial score (nSPS) is 26.6. The third kappa shape index (κ3) is 3.63. The van der Waals surface area contributed by atoms with Crippen LogP contribution in [0.1, 0.15) is 13.3 Å². The summed E-state index contributed by atoms with van der Waals surface area (Å²) in [6.07, 6.45) is 9.87. The van der Waals surface area contributed by atoms with Gasteiger partial charge in [-0.1, -0.05) is 43.2 Å². The van der Waals surface area contributed by atoms with Crippen LogP contribution >= 0.6 is 11.9 Å². The van der Waals surface area contributed by atoms with Gasteiger partial charge in [0, 0.05) is 18.8 Å². The lowest BCUT2D eigenvalue weighted by Gasteiger charge is -2.16. The highest BCUT2D eigenvalue weighted by molar-refractivity contribution is 7.97. The molecule has 0 saturated heterocycles. The van der Waals surface area contributed by atoms with E-state index < -0.39 is 0 Å². The predicted octanol–water partition coefficient (Wildman–Crippen LogP) is 2.47. The predicted molar refractivity (Wildman–Crippen MR) is 52.6 cm³/mol. The molecule has 1 rings (SSSR count). The maximum absolute atomic E-state index is 2.40. The lowest BCUT2D eigenvalue weighted by molar-refractivity contribution is 0.506. The summed E-state index contributed by atoms with van der Waals surface area (Å²) < 4.78 is 2.40. The van der Waals surface area contributed by atoms with Crippen LogP contribution in [0.2, 0.25) is 0 Å². The zero-order chi connectivity index (χ0) is 7.94. The van der Waals surface area contributed by atoms with Crippen LogP contribution in [0.3, 0.4) is 0 Å². The smallest absolute Gasteiger partial charge is 0.0264 e. The van der Waals surface area contributed by atoms with Crippen molar-refractivity contribution in [1.29, 1.82) is 0 Å². The number of hydrogen-bond donors (Lipinski definition) is 0. The maximum Gasteiger partial charge on any atom is 0.0264 e. The highest BCUT2D eigenvalue weighted by atomic mass is 32.2. The van der Waals surface area contributed by atoms with Crippen molar-refractivity contribution in [3.05, 3.63) is 24.3 Å². The number of rotatable bonds is 1. The third-order valence-corrected chi connectivity index (χ3v) is 2.78. The van der Waals surface area contributed by atoms with E-state index in [-0.39, 0.29) is 0 Å². The van der Waals surface area contributed by atoms with Gasteiger partial charge in [-0.05, 0) is 6.42 Å². The molecule has 0 radical (unpaired) electrons. The van der Waals surface area contributed by atoms with Crippen LogP contribution in [0, 0.1) is 0 Å². The molecule has 0 fully saturated rings. The fourth-order valence-corrected chi connectivity index (χ4v) is 1.81. The van der Waals surface area contributed by atoms with Gasteiger partial charge in [0.1, 0.15) is 0 Å². The largest absolute Gasteiger partial charge is 0.250 e. The Hall–Kier alpha value is -0.210. The molecule has 0 amide bonds. The standard InChI is InChI=1S/C9H15NS/c1-2-10-8-6-4-3-5-7-9-11-10/h3-5,7H,2,6,8-9H2,1H3/b4-3-,7-5-. The molecule has 1 aliphatic heterocycles. The molecule has 1 heterocycles. The van der Waals surface area contributed by atoms with E-state index in [1.807, 2.05) is 11.9 Å². The Morgan fingerprint density at radius 1 is 1.36 bits per heavy atom. The lowest BCUT2D eigenvalue weighted by Crippen LogP contribution is -2.16. The summed E-state index contributed by atoms with van der Waals surface area (Å²) in [4.78, 5) is 0. The van der Waals surface area contributed by atoms with E-state index in [9.17, 15) is 0 Å². The summed E-state index contributed by atoms with van der Waals surface area (Å²) in [5, 5.41) is 0. The molecule has 0 aromatic carbocycles. The van der Waals surface area contributed by atoms with Crippen molar-refractivity contribution >= 4 is 11.9 Å². The van der Waals surface area contributed by atoms with E-state index in [4.69, 9.17) is 0 Å². The molecule has 0 unspecified atom stereocenters. The monoisotopic (exact) mass is 169 g/mol. The van der Waals surface area contributed by atoms with E-state index >= 15 is 0 Å². The summed E-state index contributed by atoms with van der Waals surface area (Å²) in [6.45, 7) is 4.53. The Labute approximate surface area is 73.3 Å². The summed E-state index contributed by atoms with van der Waals surface area (Å²) >= 11 is 1.92. The molecule has 2 heteroatoms. The van der Waals surface area contributed by atoms with Gasteiger partial charge in [-0.15, -0.1) is 0 Å². The van der Waals surface area contributed by atoms with E-state index in [0.717, 1.165) is 12.3 Å². The molecule has 0 aliphatic carbocycles. The molecular weight excluding hydrogens is 154 g/mol. The topological polar surface area (TPSA) is 3.24 Å². The van der Waals surface area contributed by atoms with Crippen LogP contribution in [0.5, 0.6) is 0 Å². The van der Waals surface area contributed by atoms with Gasteiger partial charge in [0.2, 0.25) is 0 Å². The lowest BCUT2D eigenvalue weighted by atomic mass is 10.3. The minimum absolute atomic E-state index is 1.11. The Bertz CT molecular complexity index is 136. The first kappa shape index (κ1) is 8.88. The first-order valence-corrected chi connectivity index (χ1v) is 5.07. The minimum atomic E-state index is 1.11. The second-order valence-electron chi connectivity index (χ2n) is 2.46. The number of nitrogens with zero attached hydrogens (tertiary/aromatic N) is 1. The molecule has 0 spiro atoms. The van der Waals surface area contributed by atoms with Crippen LogP contribution in [-0.2, 0) is 0 Å². The van der Waals surface area contributed by atoms with Gasteiger partial charge < -0.3 is 0 Å². The molecule has 0 aromatic heterocycles. The van der Waals surface area contributed by atoms with Crippen LogP contribution in [0.4, 0.5) is 0 Å². The zero-order valence-corrected chi connectivity index (χ0v) is 7.81. The van der Waals surface area contributed by atoms with Gasteiger partial charge in [0.15, 0.2) is 0 Å². The Morgan fingerprint density at radius 3 is 3.00 bits per heavy atom. The number of hydrogen-bond acceptors (Lipinski definition) is 2. The third-order valence-electron chi connectivity index (χ3n) is 1.63. The Morgan fingerprint density at radius 2 is 2.18 bits per heavy atom. The molecule has 62 valence electrons. The molecule has 0 N–H and O–H groups in total. The van der Waals surface area contributed by atoms with E-state index in [0.29, 0.717) is 0 Å². The zero-order valence-electron chi connectivity index (χ0n) is 6.99. The molecule has 0 aromatic rings. The van der Waals surface area contributed by atoms with Gasteiger partial charge in [-0.25, -0.2) is 0 Å².